The molecule has 38 heavy (non-hydrogen) atoms. The van der Waals surface area contributed by atoms with E-state index in [4.69, 9.17) is 4.74 Å². The molecule has 0 spiro atoms. The summed E-state index contributed by atoms with van der Waals surface area (Å²) in [6, 6.07) is 22.2. The van der Waals surface area contributed by atoms with Gasteiger partial charge in [0.1, 0.15) is 18.5 Å². The van der Waals surface area contributed by atoms with Gasteiger partial charge in [-0.25, -0.2) is 4.57 Å². The molecule has 6 rings (SSSR count). The van der Waals surface area contributed by atoms with Crippen LogP contribution in [0.2, 0.25) is 0 Å². The van der Waals surface area contributed by atoms with Crippen molar-refractivity contribution in [2.75, 3.05) is 0 Å². The highest BCUT2D eigenvalue weighted by molar-refractivity contribution is 6.16. The molecule has 4 aromatic carbocycles. The Morgan fingerprint density at radius 3 is 2.26 bits per heavy atom. The van der Waals surface area contributed by atoms with E-state index in [1.807, 2.05) is 13.8 Å². The average Bonchev–Trinajstić information content (AvgIpc) is 2.87. The molecule has 190 valence electrons. The molecule has 5 aromatic rings. The van der Waals surface area contributed by atoms with Crippen molar-refractivity contribution in [3.63, 3.8) is 0 Å². The minimum absolute atomic E-state index is 0.100. The second kappa shape index (κ2) is 8.30. The Balaban J connectivity index is 1.74. The predicted molar refractivity (Wildman–Crippen MR) is 157 cm³/mol. The highest BCUT2D eigenvalue weighted by Crippen LogP contribution is 2.53. The first-order chi connectivity index (χ1) is 18.0. The monoisotopic (exact) mass is 499 g/mol. The number of fused-ring (bicyclic) bond motifs is 5. The average molecular weight is 500 g/mol. The fourth-order valence-electron chi connectivity index (χ4n) is 6.26. The van der Waals surface area contributed by atoms with Crippen molar-refractivity contribution < 1.29 is 9.30 Å². The maximum Gasteiger partial charge on any atom is 0.228 e. The van der Waals surface area contributed by atoms with E-state index in [1.165, 1.54) is 49.5 Å². The van der Waals surface area contributed by atoms with Gasteiger partial charge in [-0.15, -0.1) is 0 Å². The molecular formula is C35H35N2O+. The molecule has 1 aliphatic rings. The minimum atomic E-state index is -0.446. The second-order valence-corrected chi connectivity index (χ2v) is 12.8. The molecule has 0 amide bonds. The van der Waals surface area contributed by atoms with Gasteiger partial charge in [-0.1, -0.05) is 63.2 Å². The molecule has 3 heteroatoms. The van der Waals surface area contributed by atoms with Crippen molar-refractivity contribution in [3.8, 4) is 28.8 Å². The summed E-state index contributed by atoms with van der Waals surface area (Å²) in [5, 5.41) is 17.0. The van der Waals surface area contributed by atoms with Crippen LogP contribution in [0.25, 0.3) is 43.6 Å². The van der Waals surface area contributed by atoms with E-state index < -0.39 is 5.41 Å². The zero-order chi connectivity index (χ0) is 27.0. The van der Waals surface area contributed by atoms with Crippen LogP contribution < -0.4 is 9.30 Å². The van der Waals surface area contributed by atoms with Gasteiger partial charge in [0.05, 0.1) is 22.4 Å². The van der Waals surface area contributed by atoms with Crippen LogP contribution in [-0.4, -0.2) is 0 Å². The summed E-state index contributed by atoms with van der Waals surface area (Å²) in [6.07, 6.45) is 3.79. The Labute approximate surface area is 225 Å². The van der Waals surface area contributed by atoms with Crippen LogP contribution in [0, 0.1) is 29.1 Å². The van der Waals surface area contributed by atoms with Gasteiger partial charge in [-0.3, -0.25) is 0 Å². The van der Waals surface area contributed by atoms with Gasteiger partial charge in [-0.2, -0.15) is 5.26 Å². The van der Waals surface area contributed by atoms with Gasteiger partial charge in [0, 0.05) is 17.0 Å². The number of benzene rings is 4. The largest absolute Gasteiger partial charge is 0.455 e. The molecule has 1 aliphatic heterocycles. The fourth-order valence-corrected chi connectivity index (χ4v) is 6.26. The number of hydrogen-bond acceptors (Lipinski definition) is 2. The van der Waals surface area contributed by atoms with Crippen LogP contribution in [0.3, 0.4) is 0 Å². The van der Waals surface area contributed by atoms with Crippen LogP contribution in [0.4, 0.5) is 0 Å². The van der Waals surface area contributed by atoms with E-state index in [0.29, 0.717) is 6.42 Å². The third kappa shape index (κ3) is 3.74. The summed E-state index contributed by atoms with van der Waals surface area (Å²) < 4.78 is 9.27. The highest BCUT2D eigenvalue weighted by Gasteiger charge is 2.34. The number of aryl methyl sites for hydroxylation is 2. The summed E-state index contributed by atoms with van der Waals surface area (Å²) in [4.78, 5) is 0. The number of pyridine rings is 1. The van der Waals surface area contributed by atoms with Crippen molar-refractivity contribution in [2.45, 2.75) is 54.4 Å². The normalized spacial score (nSPS) is 13.0. The van der Waals surface area contributed by atoms with Crippen LogP contribution in [-0.2, 0) is 19.9 Å². The molecule has 0 saturated heterocycles. The smallest absolute Gasteiger partial charge is 0.228 e. The van der Waals surface area contributed by atoms with Gasteiger partial charge in [0.25, 0.3) is 0 Å². The molecule has 0 bridgehead atoms. The first kappa shape index (κ1) is 24.4. The first-order valence-electron chi connectivity index (χ1n) is 13.5. The van der Waals surface area contributed by atoms with E-state index in [2.05, 4.69) is 106 Å². The molecule has 3 nitrogen and oxygen atoms in total. The lowest BCUT2D eigenvalue weighted by Gasteiger charge is -2.28. The van der Waals surface area contributed by atoms with Crippen molar-refractivity contribution in [2.24, 2.45) is 17.9 Å². The number of aromatic nitrogens is 1. The third-order valence-corrected chi connectivity index (χ3v) is 7.96. The zero-order valence-electron chi connectivity index (χ0n) is 23.5. The first-order valence-corrected chi connectivity index (χ1v) is 13.5. The van der Waals surface area contributed by atoms with E-state index in [0.717, 1.165) is 28.7 Å². The maximum absolute atomic E-state index is 9.74. The van der Waals surface area contributed by atoms with Gasteiger partial charge in [0.2, 0.25) is 5.69 Å². The Morgan fingerprint density at radius 2 is 1.55 bits per heavy atom. The van der Waals surface area contributed by atoms with E-state index >= 15 is 0 Å². The van der Waals surface area contributed by atoms with Crippen molar-refractivity contribution in [3.05, 3.63) is 77.5 Å². The number of rotatable bonds is 3. The summed E-state index contributed by atoms with van der Waals surface area (Å²) in [5.74, 6) is 1.89. The molecule has 0 atom stereocenters. The quantitative estimate of drug-likeness (QED) is 0.180. The summed E-state index contributed by atoms with van der Waals surface area (Å²) in [6.45, 7) is 13.1. The number of hydrogen-bond donors (Lipinski definition) is 0. The molecule has 0 fully saturated rings. The molecule has 0 radical (unpaired) electrons. The maximum atomic E-state index is 9.74. The van der Waals surface area contributed by atoms with Gasteiger partial charge in [0.15, 0.2) is 6.20 Å². The van der Waals surface area contributed by atoms with Crippen molar-refractivity contribution in [1.82, 2.24) is 0 Å². The lowest BCUT2D eigenvalue weighted by Crippen LogP contribution is -2.32. The molecular weight excluding hydrogens is 464 g/mol. The van der Waals surface area contributed by atoms with E-state index in [9.17, 15) is 5.26 Å². The summed E-state index contributed by atoms with van der Waals surface area (Å²) >= 11 is 0. The van der Waals surface area contributed by atoms with Crippen LogP contribution in [0.1, 0.15) is 51.3 Å². The topological polar surface area (TPSA) is 36.9 Å². The van der Waals surface area contributed by atoms with E-state index in [1.54, 1.807) is 0 Å². The summed E-state index contributed by atoms with van der Waals surface area (Å²) in [7, 11) is 2.14. The molecule has 1 aromatic heterocycles. The van der Waals surface area contributed by atoms with Crippen LogP contribution in [0.15, 0.2) is 60.8 Å². The van der Waals surface area contributed by atoms with Gasteiger partial charge >= 0.3 is 0 Å². The molecule has 0 aliphatic carbocycles. The second-order valence-electron chi connectivity index (χ2n) is 12.8. The lowest BCUT2D eigenvalue weighted by atomic mass is 9.81. The number of ether oxygens (including phenoxy) is 1. The molecule has 0 unspecified atom stereocenters. The van der Waals surface area contributed by atoms with Gasteiger partial charge < -0.3 is 4.74 Å². The molecule has 0 N–H and O–H groups in total. The lowest BCUT2D eigenvalue weighted by molar-refractivity contribution is -0.659. The molecule has 2 heterocycles. The predicted octanol–water partition coefficient (Wildman–Crippen LogP) is 8.73. The van der Waals surface area contributed by atoms with Crippen molar-refractivity contribution >= 4 is 32.3 Å². The Bertz CT molecular complexity index is 1830. The number of nitrogens with zero attached hydrogens (tertiary/aromatic N) is 2. The van der Waals surface area contributed by atoms with Gasteiger partial charge in [-0.05, 0) is 77.8 Å². The minimum Gasteiger partial charge on any atom is -0.455 e. The Kier molecular flexibility index (Phi) is 5.34. The highest BCUT2D eigenvalue weighted by atomic mass is 16.5. The zero-order valence-corrected chi connectivity index (χ0v) is 23.5. The SMILES string of the molecule is Cc1c2c(c(CC(C)(C)C)c3ccccc13)Oc1cc3c(CC(C)(C)C#N)cccc3c3cc[n+](C)c-2c13. The van der Waals surface area contributed by atoms with Crippen molar-refractivity contribution in [1.29, 1.82) is 5.26 Å². The molecule has 0 saturated carbocycles. The Hall–Kier alpha value is -3.90. The Morgan fingerprint density at radius 1 is 0.842 bits per heavy atom. The van der Waals surface area contributed by atoms with Crippen LogP contribution in [0.5, 0.6) is 11.5 Å². The summed E-state index contributed by atoms with van der Waals surface area (Å²) in [5.41, 5.74) is 5.77. The fraction of sp³-hybridized carbons (Fsp3) is 0.314. The standard InChI is InChI=1S/C35H35N2O/c1-21-23-12-8-9-13-24(23)28(19-34(2,3)4)33-30(21)32-31-26(15-16-37(32)7)25-14-10-11-22(18-35(5,6)20-36)27(25)17-29(31)38-33/h8-17H,18-19H2,1-7H3/q+1. The third-order valence-electron chi connectivity index (χ3n) is 7.96. The number of nitriles is 1. The van der Waals surface area contributed by atoms with Crippen LogP contribution >= 0.6 is 0 Å². The van der Waals surface area contributed by atoms with E-state index in [-0.39, 0.29) is 5.41 Å².